The highest BCUT2D eigenvalue weighted by Crippen LogP contribution is 2.47. The molecule has 0 bridgehead atoms. The Kier molecular flexibility index (Phi) is 3.24. The van der Waals surface area contributed by atoms with Crippen LogP contribution in [-0.2, 0) is 10.8 Å². The van der Waals surface area contributed by atoms with Crippen LogP contribution in [0.5, 0.6) is 11.5 Å². The maximum atomic E-state index is 5.74. The number of aromatic nitrogens is 2. The van der Waals surface area contributed by atoms with E-state index in [-0.39, 0.29) is 17.6 Å². The summed E-state index contributed by atoms with van der Waals surface area (Å²) in [5.74, 6) is 2.64. The fourth-order valence-corrected chi connectivity index (χ4v) is 2.64. The Morgan fingerprint density at radius 2 is 1.64 bits per heavy atom. The van der Waals surface area contributed by atoms with Gasteiger partial charge in [-0.05, 0) is 11.5 Å². The van der Waals surface area contributed by atoms with Crippen molar-refractivity contribution in [3.05, 3.63) is 29.7 Å². The molecular formula is C18H24N2O2. The van der Waals surface area contributed by atoms with Crippen LogP contribution in [0.25, 0.3) is 11.3 Å². The van der Waals surface area contributed by atoms with Gasteiger partial charge < -0.3 is 14.5 Å². The number of fused-ring (bicyclic) bond motifs is 1. The molecule has 3 rings (SSSR count). The quantitative estimate of drug-likeness (QED) is 0.849. The van der Waals surface area contributed by atoms with E-state index in [9.17, 15) is 0 Å². The summed E-state index contributed by atoms with van der Waals surface area (Å²) in [7, 11) is 0. The molecule has 4 heteroatoms. The Labute approximate surface area is 131 Å². The fraction of sp³-hybridized carbons (Fsp3) is 0.500. The lowest BCUT2D eigenvalue weighted by Crippen LogP contribution is -2.13. The van der Waals surface area contributed by atoms with Gasteiger partial charge in [0.25, 0.3) is 0 Å². The van der Waals surface area contributed by atoms with E-state index >= 15 is 0 Å². The van der Waals surface area contributed by atoms with Gasteiger partial charge in [-0.3, -0.25) is 0 Å². The molecule has 0 saturated carbocycles. The summed E-state index contributed by atoms with van der Waals surface area (Å²) < 4.78 is 11.5. The number of hydrogen-bond donors (Lipinski definition) is 1. The summed E-state index contributed by atoms with van der Waals surface area (Å²) in [6, 6.07) is 4.22. The molecule has 4 nitrogen and oxygen atoms in total. The van der Waals surface area contributed by atoms with Gasteiger partial charge in [-0.2, -0.15) is 0 Å². The van der Waals surface area contributed by atoms with Crippen molar-refractivity contribution in [2.24, 2.45) is 0 Å². The van der Waals surface area contributed by atoms with Crippen molar-refractivity contribution in [2.45, 2.75) is 52.4 Å². The van der Waals surface area contributed by atoms with E-state index in [1.807, 2.05) is 6.20 Å². The molecule has 0 radical (unpaired) electrons. The third-order valence-corrected chi connectivity index (χ3v) is 3.90. The lowest BCUT2D eigenvalue weighted by molar-refractivity contribution is 0.172. The highest BCUT2D eigenvalue weighted by atomic mass is 16.7. The van der Waals surface area contributed by atoms with Crippen LogP contribution in [-0.4, -0.2) is 16.8 Å². The summed E-state index contributed by atoms with van der Waals surface area (Å²) in [4.78, 5) is 7.92. The van der Waals surface area contributed by atoms with Gasteiger partial charge in [0.05, 0.1) is 11.9 Å². The van der Waals surface area contributed by atoms with Crippen LogP contribution in [0.2, 0.25) is 0 Å². The van der Waals surface area contributed by atoms with Crippen molar-refractivity contribution >= 4 is 0 Å². The van der Waals surface area contributed by atoms with Crippen LogP contribution in [0.4, 0.5) is 0 Å². The summed E-state index contributed by atoms with van der Waals surface area (Å²) in [6.45, 7) is 13.2. The van der Waals surface area contributed by atoms with Gasteiger partial charge in [0.15, 0.2) is 11.5 Å². The molecule has 0 spiro atoms. The lowest BCUT2D eigenvalue weighted by atomic mass is 9.85. The van der Waals surface area contributed by atoms with E-state index in [2.05, 4.69) is 63.6 Å². The molecule has 0 atom stereocenters. The van der Waals surface area contributed by atoms with Crippen molar-refractivity contribution in [1.29, 1.82) is 0 Å². The molecule has 2 aromatic rings. The Morgan fingerprint density at radius 1 is 0.955 bits per heavy atom. The molecule has 1 aliphatic heterocycles. The number of benzene rings is 1. The van der Waals surface area contributed by atoms with Crippen molar-refractivity contribution in [3.8, 4) is 22.8 Å². The second kappa shape index (κ2) is 4.77. The Balaban J connectivity index is 2.10. The zero-order valence-electron chi connectivity index (χ0n) is 14.2. The van der Waals surface area contributed by atoms with Crippen molar-refractivity contribution in [3.63, 3.8) is 0 Å². The minimum atomic E-state index is -0.00979. The van der Waals surface area contributed by atoms with Gasteiger partial charge >= 0.3 is 0 Å². The third-order valence-electron chi connectivity index (χ3n) is 3.90. The van der Waals surface area contributed by atoms with E-state index in [1.165, 1.54) is 5.56 Å². The number of hydrogen-bond acceptors (Lipinski definition) is 3. The largest absolute Gasteiger partial charge is 0.453 e. The highest BCUT2D eigenvalue weighted by molar-refractivity contribution is 5.73. The van der Waals surface area contributed by atoms with Gasteiger partial charge in [-0.15, -0.1) is 0 Å². The number of rotatable bonds is 1. The molecule has 2 heterocycles. The molecule has 1 aliphatic rings. The predicted octanol–water partition coefficient (Wildman–Crippen LogP) is 4.40. The van der Waals surface area contributed by atoms with E-state index in [0.717, 1.165) is 28.6 Å². The molecule has 1 aromatic heterocycles. The first-order chi connectivity index (χ1) is 10.2. The minimum Gasteiger partial charge on any atom is -0.453 e. The molecular weight excluding hydrogens is 276 g/mol. The van der Waals surface area contributed by atoms with Crippen LogP contribution in [0.3, 0.4) is 0 Å². The van der Waals surface area contributed by atoms with E-state index in [1.54, 1.807) is 0 Å². The van der Waals surface area contributed by atoms with Crippen LogP contribution >= 0.6 is 0 Å². The molecule has 0 saturated heterocycles. The zero-order chi connectivity index (χ0) is 16.1. The molecule has 22 heavy (non-hydrogen) atoms. The van der Waals surface area contributed by atoms with Crippen molar-refractivity contribution in [2.75, 3.05) is 6.79 Å². The average Bonchev–Trinajstić information content (AvgIpc) is 3.04. The second-order valence-electron chi connectivity index (χ2n) is 7.87. The molecule has 0 fully saturated rings. The maximum absolute atomic E-state index is 5.74. The van der Waals surface area contributed by atoms with Crippen LogP contribution in [0, 0.1) is 0 Å². The summed E-state index contributed by atoms with van der Waals surface area (Å²) in [6.07, 6.45) is 1.87. The van der Waals surface area contributed by atoms with E-state index < -0.39 is 0 Å². The fourth-order valence-electron chi connectivity index (χ4n) is 2.64. The number of nitrogens with zero attached hydrogens (tertiary/aromatic N) is 1. The smallest absolute Gasteiger partial charge is 0.231 e. The summed E-state index contributed by atoms with van der Waals surface area (Å²) in [5, 5.41) is 0. The Morgan fingerprint density at radius 3 is 2.23 bits per heavy atom. The highest BCUT2D eigenvalue weighted by Gasteiger charge is 2.29. The van der Waals surface area contributed by atoms with Crippen LogP contribution in [0.15, 0.2) is 18.3 Å². The number of nitrogens with one attached hydrogen (secondary N) is 1. The standard InChI is InChI=1S/C18H24N2O2/c1-17(2,3)12-8-7-11(14-15(12)22-10-21-14)13-9-19-16(20-13)18(4,5)6/h7-9H,10H2,1-6H3,(H,19,20). The lowest BCUT2D eigenvalue weighted by Gasteiger charge is -2.21. The molecule has 118 valence electrons. The third kappa shape index (κ3) is 2.47. The monoisotopic (exact) mass is 300 g/mol. The topological polar surface area (TPSA) is 47.1 Å². The van der Waals surface area contributed by atoms with Gasteiger partial charge in [0, 0.05) is 16.5 Å². The second-order valence-corrected chi connectivity index (χ2v) is 7.87. The van der Waals surface area contributed by atoms with Crippen molar-refractivity contribution < 1.29 is 9.47 Å². The molecule has 0 amide bonds. The number of H-pyrrole nitrogens is 1. The van der Waals surface area contributed by atoms with Gasteiger partial charge in [0.2, 0.25) is 6.79 Å². The minimum absolute atomic E-state index is 0.00979. The normalized spacial score (nSPS) is 14.5. The first-order valence-corrected chi connectivity index (χ1v) is 7.67. The summed E-state index contributed by atoms with van der Waals surface area (Å²) in [5.41, 5.74) is 3.14. The Hall–Kier alpha value is -1.97. The molecule has 1 aromatic carbocycles. The van der Waals surface area contributed by atoms with Crippen LogP contribution < -0.4 is 9.47 Å². The number of aromatic amines is 1. The molecule has 0 unspecified atom stereocenters. The van der Waals surface area contributed by atoms with Gasteiger partial charge in [-0.1, -0.05) is 47.6 Å². The van der Waals surface area contributed by atoms with Crippen molar-refractivity contribution in [1.82, 2.24) is 9.97 Å². The first kappa shape index (κ1) is 14.9. The number of imidazole rings is 1. The predicted molar refractivity (Wildman–Crippen MR) is 87.5 cm³/mol. The zero-order valence-corrected chi connectivity index (χ0v) is 14.2. The van der Waals surface area contributed by atoms with Crippen LogP contribution in [0.1, 0.15) is 52.9 Å². The SMILES string of the molecule is CC(C)(C)c1ncc(-c2ccc(C(C)(C)C)c3c2OCO3)[nH]1. The maximum Gasteiger partial charge on any atom is 0.231 e. The Bertz CT molecular complexity index is 703. The average molecular weight is 300 g/mol. The summed E-state index contributed by atoms with van der Waals surface area (Å²) >= 11 is 0. The van der Waals surface area contributed by atoms with Gasteiger partial charge in [-0.25, -0.2) is 4.98 Å². The first-order valence-electron chi connectivity index (χ1n) is 7.67. The molecule has 1 N–H and O–H groups in total. The van der Waals surface area contributed by atoms with E-state index in [4.69, 9.17) is 9.47 Å². The van der Waals surface area contributed by atoms with Gasteiger partial charge in [0.1, 0.15) is 5.82 Å². The molecule has 0 aliphatic carbocycles. The van der Waals surface area contributed by atoms with E-state index in [0.29, 0.717) is 0 Å². The number of ether oxygens (including phenoxy) is 2.